The minimum Gasteiger partial charge on any atom is -0.493 e. The molecule has 1 N–H and O–H groups in total. The lowest BCUT2D eigenvalue weighted by Crippen LogP contribution is -1.99. The van der Waals surface area contributed by atoms with Crippen LogP contribution in [0.15, 0.2) is 12.1 Å². The second-order valence-electron chi connectivity index (χ2n) is 3.76. The molecule has 0 heterocycles. The molecule has 1 saturated carbocycles. The van der Waals surface area contributed by atoms with Gasteiger partial charge in [0.05, 0.1) is 7.11 Å². The van der Waals surface area contributed by atoms with Crippen LogP contribution in [0.1, 0.15) is 17.9 Å². The summed E-state index contributed by atoms with van der Waals surface area (Å²) in [6.07, 6.45) is 0.688. The van der Waals surface area contributed by atoms with Crippen molar-refractivity contribution in [3.63, 3.8) is 0 Å². The topological polar surface area (TPSA) is 29.5 Å². The van der Waals surface area contributed by atoms with Gasteiger partial charge in [0.25, 0.3) is 0 Å². The third kappa shape index (κ3) is 1.69. The summed E-state index contributed by atoms with van der Waals surface area (Å²) in [5, 5.41) is 8.90. The molecule has 0 radical (unpaired) electrons. The smallest absolute Gasteiger partial charge is 0.165 e. The molecule has 1 aromatic carbocycles. The van der Waals surface area contributed by atoms with E-state index in [0.29, 0.717) is 6.42 Å². The van der Waals surface area contributed by atoms with Crippen molar-refractivity contribution >= 4 is 0 Å². The molecule has 2 atom stereocenters. The summed E-state index contributed by atoms with van der Waals surface area (Å²) in [5.74, 6) is -1.13. The zero-order valence-corrected chi connectivity index (χ0v) is 8.34. The van der Waals surface area contributed by atoms with Crippen LogP contribution in [0.4, 0.5) is 8.78 Å². The SMILES string of the molecule is COc1c(F)ccc(F)c1[C@@H]1C[C@H]1CO. The monoisotopic (exact) mass is 214 g/mol. The van der Waals surface area contributed by atoms with E-state index in [2.05, 4.69) is 0 Å². The van der Waals surface area contributed by atoms with Crippen molar-refractivity contribution in [2.75, 3.05) is 13.7 Å². The maximum absolute atomic E-state index is 13.5. The Labute approximate surface area is 86.5 Å². The maximum atomic E-state index is 13.5. The molecule has 0 aromatic heterocycles. The summed E-state index contributed by atoms with van der Waals surface area (Å²) < 4.78 is 31.6. The highest BCUT2D eigenvalue weighted by Crippen LogP contribution is 2.51. The van der Waals surface area contributed by atoms with Gasteiger partial charge in [0.1, 0.15) is 5.82 Å². The van der Waals surface area contributed by atoms with E-state index in [1.54, 1.807) is 0 Å². The lowest BCUT2D eigenvalue weighted by atomic mass is 10.1. The first-order valence-corrected chi connectivity index (χ1v) is 4.81. The van der Waals surface area contributed by atoms with Gasteiger partial charge in [-0.25, -0.2) is 8.78 Å². The van der Waals surface area contributed by atoms with Gasteiger partial charge in [-0.3, -0.25) is 0 Å². The molecule has 2 nitrogen and oxygen atoms in total. The first-order chi connectivity index (χ1) is 7.19. The van der Waals surface area contributed by atoms with Crippen LogP contribution in [0, 0.1) is 17.6 Å². The van der Waals surface area contributed by atoms with Gasteiger partial charge < -0.3 is 9.84 Å². The van der Waals surface area contributed by atoms with Crippen molar-refractivity contribution < 1.29 is 18.6 Å². The van der Waals surface area contributed by atoms with E-state index in [-0.39, 0.29) is 29.8 Å². The number of ether oxygens (including phenoxy) is 1. The van der Waals surface area contributed by atoms with Gasteiger partial charge in [0.15, 0.2) is 11.6 Å². The third-order valence-electron chi connectivity index (χ3n) is 2.83. The van der Waals surface area contributed by atoms with Gasteiger partial charge >= 0.3 is 0 Å². The van der Waals surface area contributed by atoms with E-state index in [1.165, 1.54) is 7.11 Å². The molecule has 4 heteroatoms. The van der Waals surface area contributed by atoms with Crippen molar-refractivity contribution in [3.8, 4) is 5.75 Å². The molecule has 2 rings (SSSR count). The van der Waals surface area contributed by atoms with Crippen molar-refractivity contribution in [2.45, 2.75) is 12.3 Å². The first-order valence-electron chi connectivity index (χ1n) is 4.81. The molecule has 0 aliphatic heterocycles. The van der Waals surface area contributed by atoms with E-state index in [1.807, 2.05) is 0 Å². The second kappa shape index (κ2) is 3.77. The van der Waals surface area contributed by atoms with Gasteiger partial charge in [-0.2, -0.15) is 0 Å². The average Bonchev–Trinajstić information content (AvgIpc) is 3.00. The summed E-state index contributed by atoms with van der Waals surface area (Å²) in [6.45, 7) is 0.00374. The molecule has 0 spiro atoms. The highest BCUT2D eigenvalue weighted by molar-refractivity contribution is 5.42. The summed E-state index contributed by atoms with van der Waals surface area (Å²) in [5.41, 5.74) is 0.261. The molecule has 1 aromatic rings. The van der Waals surface area contributed by atoms with Crippen LogP contribution in [0.3, 0.4) is 0 Å². The van der Waals surface area contributed by atoms with Crippen molar-refractivity contribution in [1.82, 2.24) is 0 Å². The number of methoxy groups -OCH3 is 1. The number of aliphatic hydroxyl groups is 1. The zero-order chi connectivity index (χ0) is 11.0. The number of rotatable bonds is 3. The summed E-state index contributed by atoms with van der Waals surface area (Å²) in [6, 6.07) is 2.15. The molecule has 1 aliphatic rings. The van der Waals surface area contributed by atoms with Crippen LogP contribution < -0.4 is 4.74 Å². The van der Waals surface area contributed by atoms with Gasteiger partial charge in [-0.15, -0.1) is 0 Å². The number of hydrogen-bond donors (Lipinski definition) is 1. The van der Waals surface area contributed by atoms with E-state index >= 15 is 0 Å². The normalized spacial score (nSPS) is 24.0. The Morgan fingerprint density at radius 1 is 1.40 bits per heavy atom. The van der Waals surface area contributed by atoms with Gasteiger partial charge in [-0.05, 0) is 30.4 Å². The second-order valence-corrected chi connectivity index (χ2v) is 3.76. The molecule has 1 aliphatic carbocycles. The van der Waals surface area contributed by atoms with Crippen molar-refractivity contribution in [2.24, 2.45) is 5.92 Å². The lowest BCUT2D eigenvalue weighted by Gasteiger charge is -2.09. The fourth-order valence-corrected chi connectivity index (χ4v) is 1.90. The minimum absolute atomic E-state index is 0.00374. The van der Waals surface area contributed by atoms with E-state index < -0.39 is 11.6 Å². The molecule has 1 fully saturated rings. The Hall–Kier alpha value is -1.16. The summed E-state index contributed by atoms with van der Waals surface area (Å²) in [4.78, 5) is 0. The Morgan fingerprint density at radius 2 is 2.07 bits per heavy atom. The Balaban J connectivity index is 2.40. The molecule has 82 valence electrons. The van der Waals surface area contributed by atoms with Crippen LogP contribution in [0.2, 0.25) is 0 Å². The standard InChI is InChI=1S/C11H12F2O2/c1-15-11-9(13)3-2-8(12)10(11)7-4-6(7)5-14/h2-3,6-7,14H,4-5H2,1H3/t6-,7+/m0/s1. The van der Waals surface area contributed by atoms with E-state index in [0.717, 1.165) is 12.1 Å². The number of halogens is 2. The summed E-state index contributed by atoms with van der Waals surface area (Å²) in [7, 11) is 1.32. The molecular formula is C11H12F2O2. The molecular weight excluding hydrogens is 202 g/mol. The summed E-state index contributed by atoms with van der Waals surface area (Å²) >= 11 is 0. The highest BCUT2D eigenvalue weighted by Gasteiger charge is 2.41. The van der Waals surface area contributed by atoms with Gasteiger partial charge in [0, 0.05) is 12.2 Å². The van der Waals surface area contributed by atoms with E-state index in [9.17, 15) is 8.78 Å². The highest BCUT2D eigenvalue weighted by atomic mass is 19.1. The van der Waals surface area contributed by atoms with Crippen LogP contribution in [0.25, 0.3) is 0 Å². The molecule has 0 amide bonds. The Kier molecular flexibility index (Phi) is 2.61. The predicted molar refractivity (Wildman–Crippen MR) is 50.8 cm³/mol. The van der Waals surface area contributed by atoms with Crippen molar-refractivity contribution in [3.05, 3.63) is 29.3 Å². The van der Waals surface area contributed by atoms with Crippen LogP contribution in [0.5, 0.6) is 5.75 Å². The number of aliphatic hydroxyl groups excluding tert-OH is 1. The number of hydrogen-bond acceptors (Lipinski definition) is 2. The van der Waals surface area contributed by atoms with Gasteiger partial charge in [-0.1, -0.05) is 0 Å². The lowest BCUT2D eigenvalue weighted by molar-refractivity contribution is 0.273. The average molecular weight is 214 g/mol. The first kappa shape index (κ1) is 10.4. The molecule has 0 unspecified atom stereocenters. The van der Waals surface area contributed by atoms with Crippen LogP contribution in [-0.2, 0) is 0 Å². The quantitative estimate of drug-likeness (QED) is 0.834. The van der Waals surface area contributed by atoms with Gasteiger partial charge in [0.2, 0.25) is 0 Å². The molecule has 15 heavy (non-hydrogen) atoms. The Morgan fingerprint density at radius 3 is 2.60 bits per heavy atom. The molecule has 0 bridgehead atoms. The number of benzene rings is 1. The third-order valence-corrected chi connectivity index (χ3v) is 2.83. The Bertz CT molecular complexity index is 379. The fourth-order valence-electron chi connectivity index (χ4n) is 1.90. The largest absolute Gasteiger partial charge is 0.493 e. The van der Waals surface area contributed by atoms with Crippen LogP contribution >= 0.6 is 0 Å². The van der Waals surface area contributed by atoms with Crippen molar-refractivity contribution in [1.29, 1.82) is 0 Å². The van der Waals surface area contributed by atoms with E-state index in [4.69, 9.17) is 9.84 Å². The fraction of sp³-hybridized carbons (Fsp3) is 0.455. The van der Waals surface area contributed by atoms with Crippen LogP contribution in [-0.4, -0.2) is 18.8 Å². The maximum Gasteiger partial charge on any atom is 0.165 e. The minimum atomic E-state index is -0.558. The predicted octanol–water partition coefficient (Wildman–Crippen LogP) is 2.07. The zero-order valence-electron chi connectivity index (χ0n) is 8.34. The molecule has 0 saturated heterocycles.